The number of aliphatic hydroxyl groups is 1. The molecule has 1 aliphatic carbocycles. The first-order valence-electron chi connectivity index (χ1n) is 7.99. The van der Waals surface area contributed by atoms with Crippen molar-refractivity contribution in [1.29, 1.82) is 0 Å². The Bertz CT molecular complexity index is 305. The van der Waals surface area contributed by atoms with Gasteiger partial charge in [0.05, 0.1) is 13.2 Å². The van der Waals surface area contributed by atoms with Crippen molar-refractivity contribution in [1.82, 2.24) is 15.1 Å². The molecule has 0 aromatic rings. The van der Waals surface area contributed by atoms with Crippen molar-refractivity contribution in [3.8, 4) is 0 Å². The van der Waals surface area contributed by atoms with E-state index in [0.717, 1.165) is 26.2 Å². The summed E-state index contributed by atoms with van der Waals surface area (Å²) in [5.41, 5.74) is 0. The van der Waals surface area contributed by atoms with Crippen LogP contribution in [0.15, 0.2) is 0 Å². The van der Waals surface area contributed by atoms with Gasteiger partial charge in [0.15, 0.2) is 0 Å². The molecule has 0 aromatic heterocycles. The van der Waals surface area contributed by atoms with E-state index in [1.165, 1.54) is 32.1 Å². The van der Waals surface area contributed by atoms with E-state index in [-0.39, 0.29) is 18.6 Å². The summed E-state index contributed by atoms with van der Waals surface area (Å²) in [6.07, 6.45) is 6.52. The molecule has 1 aliphatic heterocycles. The second kappa shape index (κ2) is 7.96. The van der Waals surface area contributed by atoms with Gasteiger partial charge in [0.1, 0.15) is 0 Å². The lowest BCUT2D eigenvalue weighted by Gasteiger charge is -2.38. The van der Waals surface area contributed by atoms with E-state index >= 15 is 0 Å². The highest BCUT2D eigenvalue weighted by Crippen LogP contribution is 2.22. The molecule has 1 amide bonds. The quantitative estimate of drug-likeness (QED) is 0.761. The number of carbonyl (C=O) groups excluding carboxylic acids is 1. The van der Waals surface area contributed by atoms with Crippen LogP contribution < -0.4 is 5.32 Å². The fourth-order valence-corrected chi connectivity index (χ4v) is 3.26. The van der Waals surface area contributed by atoms with E-state index in [4.69, 9.17) is 0 Å². The van der Waals surface area contributed by atoms with Crippen LogP contribution in [0, 0.1) is 5.92 Å². The molecule has 0 unspecified atom stereocenters. The molecule has 2 N–H and O–H groups in total. The highest BCUT2D eigenvalue weighted by molar-refractivity contribution is 5.78. The highest BCUT2D eigenvalue weighted by Gasteiger charge is 2.25. The van der Waals surface area contributed by atoms with E-state index in [2.05, 4.69) is 15.1 Å². The molecule has 1 heterocycles. The Hall–Kier alpha value is -0.650. The first-order chi connectivity index (χ1) is 9.69. The second-order valence-corrected chi connectivity index (χ2v) is 6.36. The van der Waals surface area contributed by atoms with Gasteiger partial charge in [-0.05, 0) is 25.8 Å². The third-order valence-corrected chi connectivity index (χ3v) is 4.75. The number of aliphatic hydroxyl groups excluding tert-OH is 1. The summed E-state index contributed by atoms with van der Waals surface area (Å²) in [6, 6.07) is 0.162. The summed E-state index contributed by atoms with van der Waals surface area (Å²) in [4.78, 5) is 16.3. The van der Waals surface area contributed by atoms with Gasteiger partial charge in [0, 0.05) is 32.2 Å². The first kappa shape index (κ1) is 15.7. The zero-order chi connectivity index (χ0) is 14.4. The van der Waals surface area contributed by atoms with Crippen molar-refractivity contribution in [2.45, 2.75) is 38.1 Å². The fraction of sp³-hybridized carbons (Fsp3) is 0.933. The van der Waals surface area contributed by atoms with Crippen LogP contribution in [0.4, 0.5) is 0 Å². The lowest BCUT2D eigenvalue weighted by Crippen LogP contribution is -2.55. The van der Waals surface area contributed by atoms with Crippen molar-refractivity contribution in [3.05, 3.63) is 0 Å². The monoisotopic (exact) mass is 283 g/mol. The first-order valence-corrected chi connectivity index (χ1v) is 7.99. The number of hydrogen-bond donors (Lipinski definition) is 2. The highest BCUT2D eigenvalue weighted by atomic mass is 16.3. The van der Waals surface area contributed by atoms with Crippen molar-refractivity contribution in [2.24, 2.45) is 5.92 Å². The smallest absolute Gasteiger partial charge is 0.234 e. The molecular weight excluding hydrogens is 254 g/mol. The second-order valence-electron chi connectivity index (χ2n) is 6.36. The van der Waals surface area contributed by atoms with Crippen molar-refractivity contribution >= 4 is 5.91 Å². The van der Waals surface area contributed by atoms with Crippen LogP contribution in [-0.4, -0.2) is 73.2 Å². The summed E-state index contributed by atoms with van der Waals surface area (Å²) in [5.74, 6) is 0.821. The number of nitrogens with zero attached hydrogens (tertiary/aromatic N) is 2. The summed E-state index contributed by atoms with van der Waals surface area (Å²) in [5, 5.41) is 12.4. The molecule has 0 bridgehead atoms. The molecule has 1 saturated heterocycles. The molecule has 116 valence electrons. The molecule has 5 heteroatoms. The van der Waals surface area contributed by atoms with Gasteiger partial charge in [-0.3, -0.25) is 14.6 Å². The molecule has 1 saturated carbocycles. The van der Waals surface area contributed by atoms with E-state index in [0.29, 0.717) is 12.5 Å². The Balaban J connectivity index is 1.66. The van der Waals surface area contributed by atoms with Gasteiger partial charge in [0.25, 0.3) is 0 Å². The molecular formula is C15H29N3O2. The van der Waals surface area contributed by atoms with Gasteiger partial charge in [-0.25, -0.2) is 0 Å². The number of hydrogen-bond acceptors (Lipinski definition) is 4. The van der Waals surface area contributed by atoms with Crippen LogP contribution in [0.25, 0.3) is 0 Å². The van der Waals surface area contributed by atoms with E-state index in [9.17, 15) is 9.90 Å². The predicted molar refractivity (Wildman–Crippen MR) is 79.5 cm³/mol. The molecule has 5 nitrogen and oxygen atoms in total. The molecule has 2 rings (SSSR count). The van der Waals surface area contributed by atoms with Gasteiger partial charge in [0.2, 0.25) is 5.91 Å². The summed E-state index contributed by atoms with van der Waals surface area (Å²) >= 11 is 0. The van der Waals surface area contributed by atoms with Crippen LogP contribution >= 0.6 is 0 Å². The summed E-state index contributed by atoms with van der Waals surface area (Å²) < 4.78 is 0. The van der Waals surface area contributed by atoms with Crippen LogP contribution in [0.2, 0.25) is 0 Å². The molecule has 0 spiro atoms. The average Bonchev–Trinajstić information content (AvgIpc) is 2.48. The maximum atomic E-state index is 12.0. The van der Waals surface area contributed by atoms with Crippen molar-refractivity contribution in [2.75, 3.05) is 46.4 Å². The molecule has 0 radical (unpaired) electrons. The van der Waals surface area contributed by atoms with E-state index < -0.39 is 0 Å². The number of rotatable bonds is 5. The Morgan fingerprint density at radius 2 is 2.00 bits per heavy atom. The third-order valence-electron chi connectivity index (χ3n) is 4.75. The molecule has 2 aliphatic rings. The maximum absolute atomic E-state index is 12.0. The van der Waals surface area contributed by atoms with Crippen molar-refractivity contribution in [3.63, 3.8) is 0 Å². The number of piperazine rings is 1. The van der Waals surface area contributed by atoms with Gasteiger partial charge in [-0.1, -0.05) is 19.3 Å². The summed E-state index contributed by atoms with van der Waals surface area (Å²) in [7, 11) is 2.03. The van der Waals surface area contributed by atoms with E-state index in [1.807, 2.05) is 7.05 Å². The van der Waals surface area contributed by atoms with Crippen LogP contribution in [-0.2, 0) is 4.79 Å². The Kier molecular flexibility index (Phi) is 6.26. The minimum Gasteiger partial charge on any atom is -0.395 e. The lowest BCUT2D eigenvalue weighted by molar-refractivity contribution is -0.123. The van der Waals surface area contributed by atoms with Crippen molar-refractivity contribution < 1.29 is 9.90 Å². The van der Waals surface area contributed by atoms with E-state index in [1.54, 1.807) is 0 Å². The number of amides is 1. The Morgan fingerprint density at radius 1 is 1.25 bits per heavy atom. The normalized spacial score (nSPS) is 26.6. The lowest BCUT2D eigenvalue weighted by atomic mass is 9.89. The minimum absolute atomic E-state index is 0.136. The van der Waals surface area contributed by atoms with Gasteiger partial charge >= 0.3 is 0 Å². The van der Waals surface area contributed by atoms with Gasteiger partial charge in [-0.2, -0.15) is 0 Å². The molecule has 20 heavy (non-hydrogen) atoms. The topological polar surface area (TPSA) is 55.8 Å². The molecule has 0 aromatic carbocycles. The van der Waals surface area contributed by atoms with Crippen LogP contribution in [0.5, 0.6) is 0 Å². The average molecular weight is 283 g/mol. The SMILES string of the molecule is CN1CCN(CC(=O)NCC2CCCCC2)C[C@@H]1CO. The number of nitrogens with one attached hydrogen (secondary N) is 1. The standard InChI is InChI=1S/C15H29N3O2/c1-17-7-8-18(10-14(17)12-19)11-15(20)16-9-13-5-3-2-4-6-13/h13-14,19H,2-12H2,1H3,(H,16,20)/t14-/m1/s1. The fourth-order valence-electron chi connectivity index (χ4n) is 3.26. The zero-order valence-electron chi connectivity index (χ0n) is 12.7. The zero-order valence-corrected chi connectivity index (χ0v) is 12.7. The van der Waals surface area contributed by atoms with Gasteiger partial charge in [-0.15, -0.1) is 0 Å². The third kappa shape index (κ3) is 4.72. The largest absolute Gasteiger partial charge is 0.395 e. The molecule has 2 fully saturated rings. The summed E-state index contributed by atoms with van der Waals surface area (Å²) in [6.45, 7) is 4.08. The molecule has 1 atom stereocenters. The maximum Gasteiger partial charge on any atom is 0.234 e. The van der Waals surface area contributed by atoms with Gasteiger partial charge < -0.3 is 10.4 Å². The number of likely N-dealkylation sites (N-methyl/N-ethyl adjacent to an activating group) is 1. The van der Waals surface area contributed by atoms with Crippen LogP contribution in [0.3, 0.4) is 0 Å². The Morgan fingerprint density at radius 3 is 2.70 bits per heavy atom. The number of carbonyl (C=O) groups is 1. The van der Waals surface area contributed by atoms with Crippen LogP contribution in [0.1, 0.15) is 32.1 Å². The Labute approximate surface area is 122 Å². The minimum atomic E-state index is 0.136. The predicted octanol–water partition coefficient (Wildman–Crippen LogP) is 0.291.